The number of pyridine rings is 1. The predicted octanol–water partition coefficient (Wildman–Crippen LogP) is 3.94. The molecule has 22 heavy (non-hydrogen) atoms. The van der Waals surface area contributed by atoms with Crippen molar-refractivity contribution in [2.75, 3.05) is 6.61 Å². The molecule has 0 N–H and O–H groups in total. The Morgan fingerprint density at radius 2 is 1.95 bits per heavy atom. The standard InChI is InChI=1S/C17H14BrN3O/c1-17(2)10-22-16(21-17)13-7-14(18)15(20-9-13)12-5-3-11(8-19)4-6-12/h3-7,9H,10H2,1-2H3. The van der Waals surface area contributed by atoms with E-state index in [0.717, 1.165) is 21.3 Å². The summed E-state index contributed by atoms with van der Waals surface area (Å²) >= 11 is 3.56. The number of benzene rings is 1. The van der Waals surface area contributed by atoms with Gasteiger partial charge in [0.15, 0.2) is 0 Å². The van der Waals surface area contributed by atoms with Gasteiger partial charge in [0.2, 0.25) is 5.90 Å². The fourth-order valence-corrected chi connectivity index (χ4v) is 2.78. The van der Waals surface area contributed by atoms with Gasteiger partial charge in [-0.1, -0.05) is 12.1 Å². The van der Waals surface area contributed by atoms with Crippen LogP contribution in [0.1, 0.15) is 25.0 Å². The van der Waals surface area contributed by atoms with Gasteiger partial charge in [-0.2, -0.15) is 5.26 Å². The van der Waals surface area contributed by atoms with Crippen LogP contribution in [0.4, 0.5) is 0 Å². The lowest BCUT2D eigenvalue weighted by molar-refractivity contribution is 0.279. The fourth-order valence-electron chi connectivity index (χ4n) is 2.20. The van der Waals surface area contributed by atoms with E-state index in [1.165, 1.54) is 0 Å². The largest absolute Gasteiger partial charge is 0.475 e. The van der Waals surface area contributed by atoms with Gasteiger partial charge in [-0.25, -0.2) is 4.99 Å². The van der Waals surface area contributed by atoms with Crippen molar-refractivity contribution in [3.05, 3.63) is 52.1 Å². The number of hydrogen-bond acceptors (Lipinski definition) is 4. The molecule has 1 aromatic heterocycles. The minimum Gasteiger partial charge on any atom is -0.475 e. The molecule has 0 amide bonds. The lowest BCUT2D eigenvalue weighted by Crippen LogP contribution is -2.17. The molecule has 0 bridgehead atoms. The van der Waals surface area contributed by atoms with E-state index < -0.39 is 0 Å². The van der Waals surface area contributed by atoms with Gasteiger partial charge in [0.1, 0.15) is 6.61 Å². The van der Waals surface area contributed by atoms with E-state index in [1.807, 2.05) is 32.0 Å². The van der Waals surface area contributed by atoms with E-state index in [-0.39, 0.29) is 5.54 Å². The third-order valence-corrected chi connectivity index (χ3v) is 3.95. The van der Waals surface area contributed by atoms with Crippen molar-refractivity contribution in [2.24, 2.45) is 4.99 Å². The topological polar surface area (TPSA) is 58.3 Å². The third-order valence-electron chi connectivity index (χ3n) is 3.34. The number of rotatable bonds is 2. The average molecular weight is 356 g/mol. The molecule has 0 spiro atoms. The van der Waals surface area contributed by atoms with Gasteiger partial charge >= 0.3 is 0 Å². The molecular formula is C17H14BrN3O. The van der Waals surface area contributed by atoms with Crippen molar-refractivity contribution in [3.8, 4) is 17.3 Å². The Hall–Kier alpha value is -2.19. The van der Waals surface area contributed by atoms with Crippen LogP contribution in [-0.4, -0.2) is 23.0 Å². The molecule has 0 saturated heterocycles. The Morgan fingerprint density at radius 3 is 2.50 bits per heavy atom. The quantitative estimate of drug-likeness (QED) is 0.819. The number of halogens is 1. The Labute approximate surface area is 137 Å². The maximum Gasteiger partial charge on any atom is 0.218 e. The van der Waals surface area contributed by atoms with Crippen LogP contribution in [0, 0.1) is 11.3 Å². The van der Waals surface area contributed by atoms with Crippen LogP contribution in [0.2, 0.25) is 0 Å². The van der Waals surface area contributed by atoms with Gasteiger partial charge in [0.05, 0.1) is 28.4 Å². The molecule has 110 valence electrons. The highest BCUT2D eigenvalue weighted by molar-refractivity contribution is 9.10. The number of nitrogens with zero attached hydrogens (tertiary/aromatic N) is 3. The van der Waals surface area contributed by atoms with Crippen LogP contribution in [0.25, 0.3) is 11.3 Å². The Bertz CT molecular complexity index is 789. The normalized spacial score (nSPS) is 15.8. The van der Waals surface area contributed by atoms with Crippen molar-refractivity contribution in [1.82, 2.24) is 4.98 Å². The van der Waals surface area contributed by atoms with Gasteiger partial charge in [-0.3, -0.25) is 4.98 Å². The molecule has 1 aromatic carbocycles. The average Bonchev–Trinajstić information content (AvgIpc) is 2.87. The summed E-state index contributed by atoms with van der Waals surface area (Å²) in [5.41, 5.74) is 3.08. The highest BCUT2D eigenvalue weighted by Crippen LogP contribution is 2.28. The molecule has 0 aliphatic carbocycles. The smallest absolute Gasteiger partial charge is 0.218 e. The van der Waals surface area contributed by atoms with Crippen LogP contribution in [0.3, 0.4) is 0 Å². The molecule has 3 rings (SSSR count). The predicted molar refractivity (Wildman–Crippen MR) is 88.7 cm³/mol. The highest BCUT2D eigenvalue weighted by Gasteiger charge is 2.27. The molecule has 1 aliphatic rings. The van der Waals surface area contributed by atoms with Crippen molar-refractivity contribution in [3.63, 3.8) is 0 Å². The number of aromatic nitrogens is 1. The zero-order valence-corrected chi connectivity index (χ0v) is 13.9. The number of hydrogen-bond donors (Lipinski definition) is 0. The van der Waals surface area contributed by atoms with Gasteiger partial charge in [-0.15, -0.1) is 0 Å². The summed E-state index contributed by atoms with van der Waals surface area (Å²) in [6.45, 7) is 4.65. The maximum atomic E-state index is 8.85. The van der Waals surface area contributed by atoms with Crippen LogP contribution in [0.15, 0.2) is 46.0 Å². The lowest BCUT2D eigenvalue weighted by Gasteiger charge is -2.07. The van der Waals surface area contributed by atoms with E-state index in [9.17, 15) is 0 Å². The lowest BCUT2D eigenvalue weighted by atomic mass is 10.1. The molecule has 1 aliphatic heterocycles. The first-order chi connectivity index (χ1) is 10.5. The number of aliphatic imine (C=N–C) groups is 1. The summed E-state index contributed by atoms with van der Waals surface area (Å²) in [4.78, 5) is 9.06. The van der Waals surface area contributed by atoms with Crippen molar-refractivity contribution in [2.45, 2.75) is 19.4 Å². The Morgan fingerprint density at radius 1 is 1.23 bits per heavy atom. The molecule has 4 nitrogen and oxygen atoms in total. The second-order valence-corrected chi connectivity index (χ2v) is 6.62. The first-order valence-electron chi connectivity index (χ1n) is 6.88. The van der Waals surface area contributed by atoms with Gasteiger partial charge in [0, 0.05) is 16.2 Å². The minimum absolute atomic E-state index is 0.187. The van der Waals surface area contributed by atoms with Crippen LogP contribution in [-0.2, 0) is 4.74 Å². The molecule has 0 fully saturated rings. The van der Waals surface area contributed by atoms with Crippen LogP contribution in [0.5, 0.6) is 0 Å². The first-order valence-corrected chi connectivity index (χ1v) is 7.67. The second-order valence-electron chi connectivity index (χ2n) is 5.76. The van der Waals surface area contributed by atoms with Gasteiger partial charge in [0.25, 0.3) is 0 Å². The molecule has 0 atom stereocenters. The summed E-state index contributed by atoms with van der Waals surface area (Å²) < 4.78 is 6.50. The molecule has 2 aromatic rings. The summed E-state index contributed by atoms with van der Waals surface area (Å²) in [5, 5.41) is 8.85. The van der Waals surface area contributed by atoms with E-state index in [0.29, 0.717) is 18.1 Å². The third kappa shape index (κ3) is 2.88. The van der Waals surface area contributed by atoms with Crippen molar-refractivity contribution < 1.29 is 4.74 Å². The van der Waals surface area contributed by atoms with E-state index >= 15 is 0 Å². The zero-order valence-electron chi connectivity index (χ0n) is 12.3. The van der Waals surface area contributed by atoms with Gasteiger partial charge in [-0.05, 0) is 48.0 Å². The zero-order chi connectivity index (χ0) is 15.7. The summed E-state index contributed by atoms with van der Waals surface area (Å²) in [5.74, 6) is 0.629. The van der Waals surface area contributed by atoms with Crippen molar-refractivity contribution in [1.29, 1.82) is 5.26 Å². The van der Waals surface area contributed by atoms with Crippen molar-refractivity contribution >= 4 is 21.8 Å². The maximum absolute atomic E-state index is 8.85. The molecule has 0 unspecified atom stereocenters. The molecular weight excluding hydrogens is 342 g/mol. The second kappa shape index (κ2) is 5.54. The van der Waals surface area contributed by atoms with Crippen LogP contribution < -0.4 is 0 Å². The highest BCUT2D eigenvalue weighted by atomic mass is 79.9. The minimum atomic E-state index is -0.187. The van der Waals surface area contributed by atoms with Gasteiger partial charge < -0.3 is 4.74 Å². The molecule has 2 heterocycles. The summed E-state index contributed by atoms with van der Waals surface area (Å²) in [6, 6.07) is 11.4. The SMILES string of the molecule is CC1(C)COC(c2cnc(-c3ccc(C#N)cc3)c(Br)c2)=N1. The molecule has 5 heteroatoms. The van der Waals surface area contributed by atoms with Crippen LogP contribution >= 0.6 is 15.9 Å². The summed E-state index contributed by atoms with van der Waals surface area (Å²) in [6.07, 6.45) is 1.76. The Balaban J connectivity index is 1.94. The first kappa shape index (κ1) is 14.7. The monoisotopic (exact) mass is 355 g/mol. The van der Waals surface area contributed by atoms with E-state index in [1.54, 1.807) is 18.3 Å². The number of ether oxygens (including phenoxy) is 1. The van der Waals surface area contributed by atoms with E-state index in [4.69, 9.17) is 10.00 Å². The summed E-state index contributed by atoms with van der Waals surface area (Å²) in [7, 11) is 0. The molecule has 0 saturated carbocycles. The fraction of sp³-hybridized carbons (Fsp3) is 0.235. The molecule has 0 radical (unpaired) electrons. The number of nitriles is 1. The Kier molecular flexibility index (Phi) is 3.71. The van der Waals surface area contributed by atoms with E-state index in [2.05, 4.69) is 32.0 Å².